The van der Waals surface area contributed by atoms with Crippen molar-refractivity contribution < 1.29 is 9.53 Å². The van der Waals surface area contributed by atoms with Crippen LogP contribution in [0.15, 0.2) is 0 Å². The first-order chi connectivity index (χ1) is 10.2. The Labute approximate surface area is 141 Å². The van der Waals surface area contributed by atoms with Gasteiger partial charge in [0.1, 0.15) is 0 Å². The van der Waals surface area contributed by atoms with Crippen LogP contribution in [0, 0.1) is 11.8 Å². The van der Waals surface area contributed by atoms with Crippen LogP contribution in [-0.2, 0) is 9.53 Å². The fraction of sp³-hybridized carbons (Fsp3) is 0.941. The van der Waals surface area contributed by atoms with Crippen LogP contribution in [0.2, 0.25) is 0 Å². The second kappa shape index (κ2) is 10.5. The van der Waals surface area contributed by atoms with E-state index >= 15 is 0 Å². The molecule has 3 unspecified atom stereocenters. The molecule has 4 nitrogen and oxygen atoms in total. The Morgan fingerprint density at radius 1 is 1.23 bits per heavy atom. The number of rotatable bonds is 7. The Kier molecular flexibility index (Phi) is 9.37. The SMILES string of the molecule is CCOC(CCNC(=O)C1CCCC(N)C1)C1CCCC1.Cl. The van der Waals surface area contributed by atoms with E-state index in [4.69, 9.17) is 10.5 Å². The van der Waals surface area contributed by atoms with Gasteiger partial charge in [0, 0.05) is 25.1 Å². The van der Waals surface area contributed by atoms with Crippen LogP contribution in [0.3, 0.4) is 0 Å². The minimum absolute atomic E-state index is 0. The highest BCUT2D eigenvalue weighted by Crippen LogP contribution is 2.30. The fourth-order valence-corrected chi connectivity index (χ4v) is 3.95. The van der Waals surface area contributed by atoms with Crippen LogP contribution < -0.4 is 11.1 Å². The number of hydrogen-bond acceptors (Lipinski definition) is 3. The van der Waals surface area contributed by atoms with Crippen LogP contribution in [0.25, 0.3) is 0 Å². The molecule has 130 valence electrons. The lowest BCUT2D eigenvalue weighted by Crippen LogP contribution is -2.39. The molecule has 5 heteroatoms. The first-order valence-corrected chi connectivity index (χ1v) is 8.85. The number of amides is 1. The summed E-state index contributed by atoms with van der Waals surface area (Å²) in [6.45, 7) is 3.57. The predicted octanol–water partition coefficient (Wildman–Crippen LogP) is 3.03. The molecule has 3 atom stereocenters. The molecule has 2 fully saturated rings. The van der Waals surface area contributed by atoms with Crippen molar-refractivity contribution in [3.8, 4) is 0 Å². The number of carbonyl (C=O) groups is 1. The summed E-state index contributed by atoms with van der Waals surface area (Å²) in [6, 6.07) is 0.212. The van der Waals surface area contributed by atoms with Gasteiger partial charge < -0.3 is 15.8 Å². The zero-order chi connectivity index (χ0) is 15.1. The molecule has 0 spiro atoms. The molecule has 0 aliphatic heterocycles. The van der Waals surface area contributed by atoms with Gasteiger partial charge in [0.2, 0.25) is 5.91 Å². The predicted molar refractivity (Wildman–Crippen MR) is 92.2 cm³/mol. The van der Waals surface area contributed by atoms with Crippen LogP contribution in [0.4, 0.5) is 0 Å². The number of nitrogens with one attached hydrogen (secondary N) is 1. The maximum atomic E-state index is 12.2. The van der Waals surface area contributed by atoms with Gasteiger partial charge >= 0.3 is 0 Å². The van der Waals surface area contributed by atoms with Gasteiger partial charge in [-0.2, -0.15) is 0 Å². The van der Waals surface area contributed by atoms with E-state index in [2.05, 4.69) is 12.2 Å². The van der Waals surface area contributed by atoms with Gasteiger partial charge in [-0.3, -0.25) is 4.79 Å². The summed E-state index contributed by atoms with van der Waals surface area (Å²) in [6.07, 6.45) is 10.5. The quantitative estimate of drug-likeness (QED) is 0.753. The van der Waals surface area contributed by atoms with Crippen molar-refractivity contribution >= 4 is 18.3 Å². The molecule has 0 bridgehead atoms. The molecule has 0 aromatic rings. The van der Waals surface area contributed by atoms with E-state index in [-0.39, 0.29) is 30.3 Å². The number of nitrogens with two attached hydrogens (primary N) is 1. The van der Waals surface area contributed by atoms with Gasteiger partial charge in [-0.25, -0.2) is 0 Å². The van der Waals surface area contributed by atoms with Gasteiger partial charge in [0.25, 0.3) is 0 Å². The van der Waals surface area contributed by atoms with Gasteiger partial charge in [-0.1, -0.05) is 19.3 Å². The fourth-order valence-electron chi connectivity index (χ4n) is 3.95. The Balaban J connectivity index is 0.00000242. The molecule has 0 aromatic carbocycles. The Morgan fingerprint density at radius 2 is 1.95 bits per heavy atom. The van der Waals surface area contributed by atoms with E-state index in [1.54, 1.807) is 0 Å². The smallest absolute Gasteiger partial charge is 0.223 e. The number of halogens is 1. The Hall–Kier alpha value is -0.320. The van der Waals surface area contributed by atoms with Gasteiger partial charge in [0.15, 0.2) is 0 Å². The van der Waals surface area contributed by atoms with E-state index < -0.39 is 0 Å². The lowest BCUT2D eigenvalue weighted by atomic mass is 9.85. The lowest BCUT2D eigenvalue weighted by Gasteiger charge is -2.27. The first kappa shape index (κ1) is 19.7. The van der Waals surface area contributed by atoms with Crippen molar-refractivity contribution in [1.82, 2.24) is 5.32 Å². The molecule has 0 aromatic heterocycles. The third-order valence-electron chi connectivity index (χ3n) is 5.12. The molecule has 2 aliphatic rings. The van der Waals surface area contributed by atoms with Crippen LogP contribution >= 0.6 is 12.4 Å². The van der Waals surface area contributed by atoms with E-state index in [9.17, 15) is 4.79 Å². The summed E-state index contributed by atoms with van der Waals surface area (Å²) in [5, 5.41) is 3.11. The minimum Gasteiger partial charge on any atom is -0.378 e. The topological polar surface area (TPSA) is 64.3 Å². The number of carbonyl (C=O) groups excluding carboxylic acids is 1. The summed E-state index contributed by atoms with van der Waals surface area (Å²) >= 11 is 0. The molecule has 1 amide bonds. The van der Waals surface area contributed by atoms with Gasteiger partial charge in [-0.05, 0) is 51.4 Å². The summed E-state index contributed by atoms with van der Waals surface area (Å²) in [5.41, 5.74) is 5.96. The molecular formula is C17H33ClN2O2. The second-order valence-electron chi connectivity index (χ2n) is 6.74. The molecule has 0 radical (unpaired) electrons. The van der Waals surface area contributed by atoms with Crippen molar-refractivity contribution in [2.75, 3.05) is 13.2 Å². The highest BCUT2D eigenvalue weighted by atomic mass is 35.5. The largest absolute Gasteiger partial charge is 0.378 e. The van der Waals surface area contributed by atoms with Gasteiger partial charge in [0.05, 0.1) is 6.10 Å². The maximum absolute atomic E-state index is 12.2. The summed E-state index contributed by atoms with van der Waals surface area (Å²) in [5.74, 6) is 1.03. The average Bonchev–Trinajstić information content (AvgIpc) is 3.00. The van der Waals surface area contributed by atoms with Crippen molar-refractivity contribution in [2.45, 2.75) is 76.9 Å². The molecule has 22 heavy (non-hydrogen) atoms. The normalized spacial score (nSPS) is 27.2. The average molecular weight is 333 g/mol. The maximum Gasteiger partial charge on any atom is 0.223 e. The minimum atomic E-state index is 0. The summed E-state index contributed by atoms with van der Waals surface area (Å²) in [4.78, 5) is 12.2. The van der Waals surface area contributed by atoms with Crippen molar-refractivity contribution in [1.29, 1.82) is 0 Å². The summed E-state index contributed by atoms with van der Waals surface area (Å²) in [7, 11) is 0. The molecule has 2 saturated carbocycles. The molecular weight excluding hydrogens is 300 g/mol. The number of hydrogen-bond donors (Lipinski definition) is 2. The Morgan fingerprint density at radius 3 is 2.59 bits per heavy atom. The van der Waals surface area contributed by atoms with Crippen molar-refractivity contribution in [3.05, 3.63) is 0 Å². The van der Waals surface area contributed by atoms with E-state index in [1.165, 1.54) is 25.7 Å². The molecule has 0 saturated heterocycles. The summed E-state index contributed by atoms with van der Waals surface area (Å²) < 4.78 is 5.90. The zero-order valence-corrected chi connectivity index (χ0v) is 14.7. The van der Waals surface area contributed by atoms with E-state index in [0.717, 1.165) is 45.3 Å². The Bertz CT molecular complexity index is 322. The van der Waals surface area contributed by atoms with Crippen LogP contribution in [-0.4, -0.2) is 31.2 Å². The highest BCUT2D eigenvalue weighted by Gasteiger charge is 2.27. The molecule has 2 aliphatic carbocycles. The number of ether oxygens (including phenoxy) is 1. The monoisotopic (exact) mass is 332 g/mol. The third kappa shape index (κ3) is 6.05. The lowest BCUT2D eigenvalue weighted by molar-refractivity contribution is -0.126. The highest BCUT2D eigenvalue weighted by molar-refractivity contribution is 5.85. The first-order valence-electron chi connectivity index (χ1n) is 8.85. The standard InChI is InChI=1S/C17H32N2O2.ClH/c1-2-21-16(13-6-3-4-7-13)10-11-19-17(20)14-8-5-9-15(18)12-14;/h13-16H,2-12,18H2,1H3,(H,19,20);1H. The third-order valence-corrected chi connectivity index (χ3v) is 5.12. The van der Waals surface area contributed by atoms with Crippen molar-refractivity contribution in [2.24, 2.45) is 17.6 Å². The zero-order valence-electron chi connectivity index (χ0n) is 13.9. The van der Waals surface area contributed by atoms with E-state index in [1.807, 2.05) is 0 Å². The second-order valence-corrected chi connectivity index (χ2v) is 6.74. The molecule has 2 rings (SSSR count). The van der Waals surface area contributed by atoms with Crippen LogP contribution in [0.5, 0.6) is 0 Å². The van der Waals surface area contributed by atoms with Crippen molar-refractivity contribution in [3.63, 3.8) is 0 Å². The molecule has 0 heterocycles. The van der Waals surface area contributed by atoms with Gasteiger partial charge in [-0.15, -0.1) is 12.4 Å². The molecule has 3 N–H and O–H groups in total. The van der Waals surface area contributed by atoms with Crippen LogP contribution in [0.1, 0.15) is 64.7 Å². The van der Waals surface area contributed by atoms with E-state index in [0.29, 0.717) is 12.0 Å².